The monoisotopic (exact) mass is 213 g/mol. The Morgan fingerprint density at radius 3 is 2.62 bits per heavy atom. The highest BCUT2D eigenvalue weighted by atomic mass is 14.8. The van der Waals surface area contributed by atoms with Crippen LogP contribution in [0.15, 0.2) is 36.8 Å². The first-order valence-corrected chi connectivity index (χ1v) is 5.26. The average molecular weight is 213 g/mol. The largest absolute Gasteiger partial charge is 0.319 e. The van der Waals surface area contributed by atoms with E-state index < -0.39 is 0 Å². The average Bonchev–Trinajstić information content (AvgIpc) is 2.28. The van der Waals surface area contributed by atoms with Gasteiger partial charge in [-0.25, -0.2) is 0 Å². The maximum absolute atomic E-state index is 6.15. The molecule has 0 aliphatic heterocycles. The lowest BCUT2D eigenvalue weighted by Gasteiger charge is -2.12. The Morgan fingerprint density at radius 1 is 1.12 bits per heavy atom. The molecular weight excluding hydrogens is 198 g/mol. The van der Waals surface area contributed by atoms with Gasteiger partial charge in [0.25, 0.3) is 0 Å². The minimum atomic E-state index is -0.202. The minimum Gasteiger partial charge on any atom is -0.319 e. The summed E-state index contributed by atoms with van der Waals surface area (Å²) in [5.74, 6) is 0. The molecule has 3 heteroatoms. The number of hydrogen-bond acceptors (Lipinski definition) is 3. The highest BCUT2D eigenvalue weighted by Gasteiger charge is 2.10. The van der Waals surface area contributed by atoms with Gasteiger partial charge in [-0.1, -0.05) is 6.07 Å². The first-order chi connectivity index (χ1) is 7.66. The Balaban J connectivity index is 2.35. The molecule has 0 radical (unpaired) electrons. The van der Waals surface area contributed by atoms with Crippen LogP contribution >= 0.6 is 0 Å². The standard InChI is InChI=1S/C13H15N3/c1-9-3-4-16-12(6-9)13(14)11-5-10(2)7-15-8-11/h3-8,13H,14H2,1-2H3. The van der Waals surface area contributed by atoms with Gasteiger partial charge in [0.15, 0.2) is 0 Å². The van der Waals surface area contributed by atoms with Crippen LogP contribution in [-0.4, -0.2) is 9.97 Å². The molecule has 2 N–H and O–H groups in total. The first kappa shape index (κ1) is 10.8. The second-order valence-electron chi connectivity index (χ2n) is 4.03. The Morgan fingerprint density at radius 2 is 1.94 bits per heavy atom. The van der Waals surface area contributed by atoms with Crippen molar-refractivity contribution in [3.8, 4) is 0 Å². The van der Waals surface area contributed by atoms with E-state index >= 15 is 0 Å². The summed E-state index contributed by atoms with van der Waals surface area (Å²) in [5, 5.41) is 0. The summed E-state index contributed by atoms with van der Waals surface area (Å²) in [5.41, 5.74) is 10.3. The molecule has 16 heavy (non-hydrogen) atoms. The molecule has 0 bridgehead atoms. The summed E-state index contributed by atoms with van der Waals surface area (Å²) < 4.78 is 0. The number of hydrogen-bond donors (Lipinski definition) is 1. The molecule has 2 aromatic heterocycles. The molecule has 2 rings (SSSR count). The van der Waals surface area contributed by atoms with Crippen LogP contribution < -0.4 is 5.73 Å². The maximum Gasteiger partial charge on any atom is 0.0741 e. The molecule has 0 amide bonds. The van der Waals surface area contributed by atoms with Crippen molar-refractivity contribution in [2.24, 2.45) is 5.73 Å². The third kappa shape index (κ3) is 2.25. The molecule has 0 saturated heterocycles. The van der Waals surface area contributed by atoms with Gasteiger partial charge in [0.05, 0.1) is 11.7 Å². The second-order valence-corrected chi connectivity index (χ2v) is 4.03. The maximum atomic E-state index is 6.15. The molecule has 3 nitrogen and oxygen atoms in total. The Hall–Kier alpha value is -1.74. The molecular formula is C13H15N3. The van der Waals surface area contributed by atoms with Gasteiger partial charge in [-0.2, -0.15) is 0 Å². The lowest BCUT2D eigenvalue weighted by molar-refractivity contribution is 0.818. The zero-order valence-corrected chi connectivity index (χ0v) is 9.51. The van der Waals surface area contributed by atoms with Crippen LogP contribution in [0.3, 0.4) is 0 Å². The molecule has 82 valence electrons. The van der Waals surface area contributed by atoms with Crippen LogP contribution in [0.25, 0.3) is 0 Å². The van der Waals surface area contributed by atoms with Crippen LogP contribution in [0, 0.1) is 13.8 Å². The lowest BCUT2D eigenvalue weighted by Crippen LogP contribution is -2.14. The van der Waals surface area contributed by atoms with E-state index in [0.717, 1.165) is 16.8 Å². The highest BCUT2D eigenvalue weighted by molar-refractivity contribution is 5.29. The predicted molar refractivity (Wildman–Crippen MR) is 64.0 cm³/mol. The van der Waals surface area contributed by atoms with Crippen LogP contribution in [0.2, 0.25) is 0 Å². The van der Waals surface area contributed by atoms with Crippen molar-refractivity contribution in [2.45, 2.75) is 19.9 Å². The molecule has 0 aliphatic rings. The van der Waals surface area contributed by atoms with Crippen LogP contribution in [0.5, 0.6) is 0 Å². The van der Waals surface area contributed by atoms with E-state index in [-0.39, 0.29) is 6.04 Å². The van der Waals surface area contributed by atoms with Crippen molar-refractivity contribution in [1.29, 1.82) is 0 Å². The molecule has 0 saturated carbocycles. The third-order valence-electron chi connectivity index (χ3n) is 2.51. The van der Waals surface area contributed by atoms with Crippen molar-refractivity contribution < 1.29 is 0 Å². The van der Waals surface area contributed by atoms with Crippen molar-refractivity contribution >= 4 is 0 Å². The Bertz CT molecular complexity index is 449. The van der Waals surface area contributed by atoms with Crippen molar-refractivity contribution in [3.63, 3.8) is 0 Å². The lowest BCUT2D eigenvalue weighted by atomic mass is 10.0. The van der Waals surface area contributed by atoms with Gasteiger partial charge in [0.2, 0.25) is 0 Å². The third-order valence-corrected chi connectivity index (χ3v) is 2.51. The van der Waals surface area contributed by atoms with Gasteiger partial charge >= 0.3 is 0 Å². The fourth-order valence-corrected chi connectivity index (χ4v) is 1.65. The predicted octanol–water partition coefficient (Wildman–Crippen LogP) is 2.14. The number of aryl methyl sites for hydroxylation is 2. The topological polar surface area (TPSA) is 51.8 Å². The molecule has 0 fully saturated rings. The molecule has 0 aliphatic carbocycles. The summed E-state index contributed by atoms with van der Waals surface area (Å²) >= 11 is 0. The number of pyridine rings is 2. The molecule has 1 atom stereocenters. The number of nitrogens with zero attached hydrogens (tertiary/aromatic N) is 2. The molecule has 2 aromatic rings. The van der Waals surface area contributed by atoms with Gasteiger partial charge in [-0.15, -0.1) is 0 Å². The summed E-state index contributed by atoms with van der Waals surface area (Å²) in [6, 6.07) is 5.81. The quantitative estimate of drug-likeness (QED) is 0.831. The van der Waals surface area contributed by atoms with E-state index in [1.165, 1.54) is 5.56 Å². The van der Waals surface area contributed by atoms with E-state index in [2.05, 4.69) is 9.97 Å². The van der Waals surface area contributed by atoms with Crippen molar-refractivity contribution in [1.82, 2.24) is 9.97 Å². The molecule has 0 spiro atoms. The normalized spacial score (nSPS) is 12.4. The molecule has 0 aromatic carbocycles. The molecule has 1 unspecified atom stereocenters. The smallest absolute Gasteiger partial charge is 0.0741 e. The zero-order chi connectivity index (χ0) is 11.5. The van der Waals surface area contributed by atoms with Gasteiger partial charge < -0.3 is 5.73 Å². The summed E-state index contributed by atoms with van der Waals surface area (Å²) in [6.07, 6.45) is 5.40. The summed E-state index contributed by atoms with van der Waals surface area (Å²) in [7, 11) is 0. The molecule has 2 heterocycles. The first-order valence-electron chi connectivity index (χ1n) is 5.26. The summed E-state index contributed by atoms with van der Waals surface area (Å²) in [4.78, 5) is 8.44. The number of rotatable bonds is 2. The highest BCUT2D eigenvalue weighted by Crippen LogP contribution is 2.18. The summed E-state index contributed by atoms with van der Waals surface area (Å²) in [6.45, 7) is 4.04. The van der Waals surface area contributed by atoms with E-state index in [4.69, 9.17) is 5.73 Å². The van der Waals surface area contributed by atoms with Crippen molar-refractivity contribution in [2.75, 3.05) is 0 Å². The Labute approximate surface area is 95.4 Å². The van der Waals surface area contributed by atoms with E-state index in [0.29, 0.717) is 0 Å². The van der Waals surface area contributed by atoms with Crippen LogP contribution in [-0.2, 0) is 0 Å². The van der Waals surface area contributed by atoms with Gasteiger partial charge in [-0.3, -0.25) is 9.97 Å². The van der Waals surface area contributed by atoms with Crippen LogP contribution in [0.1, 0.15) is 28.4 Å². The van der Waals surface area contributed by atoms with E-state index in [1.807, 2.05) is 38.2 Å². The van der Waals surface area contributed by atoms with Crippen LogP contribution in [0.4, 0.5) is 0 Å². The Kier molecular flexibility index (Phi) is 2.97. The number of aromatic nitrogens is 2. The fraction of sp³-hybridized carbons (Fsp3) is 0.231. The van der Waals surface area contributed by atoms with Gasteiger partial charge in [0.1, 0.15) is 0 Å². The fourth-order valence-electron chi connectivity index (χ4n) is 1.65. The van der Waals surface area contributed by atoms with Crippen molar-refractivity contribution in [3.05, 3.63) is 59.2 Å². The minimum absolute atomic E-state index is 0.202. The van der Waals surface area contributed by atoms with E-state index in [9.17, 15) is 0 Å². The van der Waals surface area contributed by atoms with Gasteiger partial charge in [-0.05, 0) is 42.7 Å². The SMILES string of the molecule is Cc1cncc(C(N)c2cc(C)ccn2)c1. The second kappa shape index (κ2) is 4.41. The van der Waals surface area contributed by atoms with E-state index in [1.54, 1.807) is 12.4 Å². The number of nitrogens with two attached hydrogens (primary N) is 1. The zero-order valence-electron chi connectivity index (χ0n) is 9.51. The van der Waals surface area contributed by atoms with Gasteiger partial charge in [0, 0.05) is 18.6 Å².